The van der Waals surface area contributed by atoms with Crippen LogP contribution in [0.3, 0.4) is 0 Å². The van der Waals surface area contributed by atoms with E-state index in [2.05, 4.69) is 4.57 Å². The number of aromatic carboxylic acids is 1. The van der Waals surface area contributed by atoms with Gasteiger partial charge in [0, 0.05) is 23.6 Å². The Balaban J connectivity index is 2.15. The van der Waals surface area contributed by atoms with Gasteiger partial charge in [-0.2, -0.15) is 0 Å². The second-order valence-corrected chi connectivity index (χ2v) is 4.46. The molecule has 3 nitrogen and oxygen atoms in total. The summed E-state index contributed by atoms with van der Waals surface area (Å²) in [4.78, 5) is 11.1. The Morgan fingerprint density at radius 3 is 2.81 bits per heavy atom. The Morgan fingerprint density at radius 1 is 1.38 bits per heavy atom. The maximum absolute atomic E-state index is 11.1. The number of aromatic nitrogens is 1. The molecule has 0 amide bonds. The Kier molecular flexibility index (Phi) is 1.99. The molecule has 1 aliphatic carbocycles. The molecule has 0 radical (unpaired) electrons. The average molecular weight is 215 g/mol. The van der Waals surface area contributed by atoms with E-state index in [4.69, 9.17) is 5.11 Å². The molecule has 82 valence electrons. The first-order chi connectivity index (χ1) is 7.75. The first-order valence-electron chi connectivity index (χ1n) is 5.57. The van der Waals surface area contributed by atoms with Crippen LogP contribution in [0.4, 0.5) is 0 Å². The minimum atomic E-state index is -0.842. The monoisotopic (exact) mass is 215 g/mol. The minimum absolute atomic E-state index is 0.413. The summed E-state index contributed by atoms with van der Waals surface area (Å²) in [5.74, 6) is -0.0943. The SMILES string of the molecule is O=C(O)c1cn(CC2CC2)c2ccccc12. The number of rotatable bonds is 3. The van der Waals surface area contributed by atoms with Crippen molar-refractivity contribution < 1.29 is 9.90 Å². The van der Waals surface area contributed by atoms with Crippen molar-refractivity contribution in [1.82, 2.24) is 4.57 Å². The summed E-state index contributed by atoms with van der Waals surface area (Å²) in [6, 6.07) is 7.71. The topological polar surface area (TPSA) is 42.2 Å². The molecule has 1 aliphatic rings. The van der Waals surface area contributed by atoms with Crippen LogP contribution in [0, 0.1) is 5.92 Å². The first kappa shape index (κ1) is 9.46. The normalized spacial score (nSPS) is 15.5. The van der Waals surface area contributed by atoms with Crippen LogP contribution in [0.1, 0.15) is 23.2 Å². The van der Waals surface area contributed by atoms with E-state index < -0.39 is 5.97 Å². The number of carboxylic acids is 1. The van der Waals surface area contributed by atoms with Crippen LogP contribution in [0.15, 0.2) is 30.5 Å². The van der Waals surface area contributed by atoms with E-state index in [1.54, 1.807) is 6.20 Å². The summed E-state index contributed by atoms with van der Waals surface area (Å²) >= 11 is 0. The van der Waals surface area contributed by atoms with Gasteiger partial charge >= 0.3 is 5.97 Å². The van der Waals surface area contributed by atoms with E-state index in [1.165, 1.54) is 12.8 Å². The lowest BCUT2D eigenvalue weighted by Crippen LogP contribution is -1.98. The number of benzene rings is 1. The van der Waals surface area contributed by atoms with E-state index in [9.17, 15) is 4.79 Å². The van der Waals surface area contributed by atoms with Gasteiger partial charge in [-0.3, -0.25) is 0 Å². The van der Waals surface area contributed by atoms with Gasteiger partial charge in [-0.25, -0.2) is 4.79 Å². The Morgan fingerprint density at radius 2 is 2.12 bits per heavy atom. The minimum Gasteiger partial charge on any atom is -0.478 e. The molecule has 0 spiro atoms. The molecule has 1 heterocycles. The lowest BCUT2D eigenvalue weighted by Gasteiger charge is -2.02. The van der Waals surface area contributed by atoms with E-state index in [-0.39, 0.29) is 0 Å². The number of carbonyl (C=O) groups is 1. The zero-order valence-electron chi connectivity index (χ0n) is 8.89. The molecule has 0 aliphatic heterocycles. The molecule has 1 saturated carbocycles. The molecular formula is C13H13NO2. The molecule has 1 N–H and O–H groups in total. The molecule has 0 atom stereocenters. The van der Waals surface area contributed by atoms with Gasteiger partial charge in [-0.15, -0.1) is 0 Å². The summed E-state index contributed by atoms with van der Waals surface area (Å²) in [6.07, 6.45) is 4.31. The van der Waals surface area contributed by atoms with Crippen LogP contribution < -0.4 is 0 Å². The predicted molar refractivity (Wildman–Crippen MR) is 61.6 cm³/mol. The standard InChI is InChI=1S/C13H13NO2/c15-13(16)11-8-14(7-9-5-6-9)12-4-2-1-3-10(11)12/h1-4,8-9H,5-7H2,(H,15,16). The highest BCUT2D eigenvalue weighted by Gasteiger charge is 2.23. The van der Waals surface area contributed by atoms with Crippen molar-refractivity contribution in [3.05, 3.63) is 36.0 Å². The van der Waals surface area contributed by atoms with Crippen molar-refractivity contribution in [3.8, 4) is 0 Å². The number of hydrogen-bond donors (Lipinski definition) is 1. The van der Waals surface area contributed by atoms with Crippen molar-refractivity contribution in [3.63, 3.8) is 0 Å². The highest BCUT2D eigenvalue weighted by Crippen LogP contribution is 2.32. The van der Waals surface area contributed by atoms with Gasteiger partial charge in [-0.1, -0.05) is 18.2 Å². The van der Waals surface area contributed by atoms with Crippen molar-refractivity contribution in [2.45, 2.75) is 19.4 Å². The number of hydrogen-bond acceptors (Lipinski definition) is 1. The first-order valence-corrected chi connectivity index (χ1v) is 5.57. The largest absolute Gasteiger partial charge is 0.478 e. The fourth-order valence-electron chi connectivity index (χ4n) is 2.15. The number of fused-ring (bicyclic) bond motifs is 1. The summed E-state index contributed by atoms with van der Waals surface area (Å²) in [5, 5.41) is 9.98. The van der Waals surface area contributed by atoms with Crippen LogP contribution in [0.5, 0.6) is 0 Å². The van der Waals surface area contributed by atoms with E-state index in [1.807, 2.05) is 24.3 Å². The third-order valence-electron chi connectivity index (χ3n) is 3.17. The van der Waals surface area contributed by atoms with E-state index in [0.29, 0.717) is 5.56 Å². The summed E-state index contributed by atoms with van der Waals surface area (Å²) in [7, 11) is 0. The molecule has 3 rings (SSSR count). The third-order valence-corrected chi connectivity index (χ3v) is 3.17. The summed E-state index contributed by atoms with van der Waals surface area (Å²) in [5.41, 5.74) is 1.45. The second-order valence-electron chi connectivity index (χ2n) is 4.46. The molecule has 2 aromatic rings. The fourth-order valence-corrected chi connectivity index (χ4v) is 2.15. The lowest BCUT2D eigenvalue weighted by molar-refractivity contribution is 0.0699. The zero-order chi connectivity index (χ0) is 11.1. The predicted octanol–water partition coefficient (Wildman–Crippen LogP) is 2.75. The maximum Gasteiger partial charge on any atom is 0.337 e. The van der Waals surface area contributed by atoms with Crippen LogP contribution in [-0.2, 0) is 6.54 Å². The lowest BCUT2D eigenvalue weighted by atomic mass is 10.2. The molecule has 16 heavy (non-hydrogen) atoms. The van der Waals surface area contributed by atoms with Crippen LogP contribution in [0.25, 0.3) is 10.9 Å². The average Bonchev–Trinajstić information content (AvgIpc) is 3.00. The van der Waals surface area contributed by atoms with Gasteiger partial charge in [0.15, 0.2) is 0 Å². The molecule has 1 fully saturated rings. The van der Waals surface area contributed by atoms with Gasteiger partial charge in [0.25, 0.3) is 0 Å². The van der Waals surface area contributed by atoms with Gasteiger partial charge in [0.1, 0.15) is 0 Å². The summed E-state index contributed by atoms with van der Waals surface area (Å²) < 4.78 is 2.08. The van der Waals surface area contributed by atoms with Crippen LogP contribution in [0.2, 0.25) is 0 Å². The van der Waals surface area contributed by atoms with Gasteiger partial charge in [-0.05, 0) is 24.8 Å². The van der Waals surface area contributed by atoms with Crippen LogP contribution in [-0.4, -0.2) is 15.6 Å². The van der Waals surface area contributed by atoms with Crippen LogP contribution >= 0.6 is 0 Å². The van der Waals surface area contributed by atoms with Gasteiger partial charge in [0.05, 0.1) is 5.56 Å². The molecule has 1 aromatic heterocycles. The molecule has 0 saturated heterocycles. The van der Waals surface area contributed by atoms with E-state index in [0.717, 1.165) is 23.4 Å². The highest BCUT2D eigenvalue weighted by molar-refractivity contribution is 6.03. The number of para-hydroxylation sites is 1. The van der Waals surface area contributed by atoms with Gasteiger partial charge in [0.2, 0.25) is 0 Å². The Bertz CT molecular complexity index is 552. The Labute approximate surface area is 93.3 Å². The molecule has 3 heteroatoms. The van der Waals surface area contributed by atoms with Crippen molar-refractivity contribution >= 4 is 16.9 Å². The Hall–Kier alpha value is -1.77. The molecular weight excluding hydrogens is 202 g/mol. The smallest absolute Gasteiger partial charge is 0.337 e. The highest BCUT2D eigenvalue weighted by atomic mass is 16.4. The van der Waals surface area contributed by atoms with Crippen molar-refractivity contribution in [2.75, 3.05) is 0 Å². The van der Waals surface area contributed by atoms with E-state index >= 15 is 0 Å². The van der Waals surface area contributed by atoms with Gasteiger partial charge < -0.3 is 9.67 Å². The fraction of sp³-hybridized carbons (Fsp3) is 0.308. The molecule has 0 unspecified atom stereocenters. The number of carboxylic acid groups (broad SMARTS) is 1. The third kappa shape index (κ3) is 1.48. The second kappa shape index (κ2) is 3.37. The van der Waals surface area contributed by atoms with Crippen molar-refractivity contribution in [1.29, 1.82) is 0 Å². The quantitative estimate of drug-likeness (QED) is 0.855. The van der Waals surface area contributed by atoms with Crippen molar-refractivity contribution in [2.24, 2.45) is 5.92 Å². The molecule has 1 aromatic carbocycles. The zero-order valence-corrected chi connectivity index (χ0v) is 8.89. The number of nitrogens with zero attached hydrogens (tertiary/aromatic N) is 1. The molecule has 0 bridgehead atoms. The summed E-state index contributed by atoms with van der Waals surface area (Å²) in [6.45, 7) is 0.952. The maximum atomic E-state index is 11.1.